The summed E-state index contributed by atoms with van der Waals surface area (Å²) in [6.07, 6.45) is 0. The number of hydrogen-bond acceptors (Lipinski definition) is 3. The topological polar surface area (TPSA) is 67.4 Å². The molecule has 0 heterocycles. The van der Waals surface area contributed by atoms with Gasteiger partial charge in [0.15, 0.2) is 6.61 Å². The Morgan fingerprint density at radius 1 is 1.00 bits per heavy atom. The molecule has 0 fully saturated rings. The van der Waals surface area contributed by atoms with Gasteiger partial charge in [0.2, 0.25) is 0 Å². The Kier molecular flexibility index (Phi) is 6.99. The van der Waals surface area contributed by atoms with Crippen LogP contribution in [0.25, 0.3) is 0 Å². The molecule has 0 aliphatic heterocycles. The van der Waals surface area contributed by atoms with Crippen LogP contribution in [0.3, 0.4) is 0 Å². The van der Waals surface area contributed by atoms with Crippen LogP contribution in [0.4, 0.5) is 0 Å². The number of carbonyl (C=O) groups is 2. The summed E-state index contributed by atoms with van der Waals surface area (Å²) in [5, 5.41) is 5.57. The van der Waals surface area contributed by atoms with Crippen molar-refractivity contribution >= 4 is 11.8 Å². The second-order valence-corrected chi connectivity index (χ2v) is 7.40. The molecular formula is C22H28N2O3. The molecule has 2 amide bonds. The highest BCUT2D eigenvalue weighted by Crippen LogP contribution is 2.24. The standard InChI is InChI=1S/C22H28N2O3/c1-5-23-21(26)17-8-6-7-16(13-17)14-24-20(25)15-27-19-11-9-18(10-12-19)22(2,3)4/h6-13H,5,14-15H2,1-4H3,(H,23,26)(H,24,25). The molecule has 2 rings (SSSR count). The summed E-state index contributed by atoms with van der Waals surface area (Å²) in [4.78, 5) is 23.9. The molecule has 2 aromatic carbocycles. The van der Waals surface area contributed by atoms with Crippen molar-refractivity contribution in [1.29, 1.82) is 0 Å². The predicted molar refractivity (Wildman–Crippen MR) is 107 cm³/mol. The van der Waals surface area contributed by atoms with Crippen molar-refractivity contribution in [3.05, 3.63) is 65.2 Å². The van der Waals surface area contributed by atoms with Crippen molar-refractivity contribution in [2.75, 3.05) is 13.2 Å². The molecule has 0 aromatic heterocycles. The van der Waals surface area contributed by atoms with Gasteiger partial charge in [-0.05, 0) is 47.7 Å². The molecule has 0 aliphatic rings. The van der Waals surface area contributed by atoms with E-state index in [1.807, 2.05) is 37.3 Å². The molecule has 2 N–H and O–H groups in total. The van der Waals surface area contributed by atoms with Crippen LogP contribution in [0.5, 0.6) is 5.75 Å². The molecule has 27 heavy (non-hydrogen) atoms. The van der Waals surface area contributed by atoms with Gasteiger partial charge < -0.3 is 15.4 Å². The first-order chi connectivity index (χ1) is 12.8. The molecule has 5 heteroatoms. The van der Waals surface area contributed by atoms with Gasteiger partial charge in [0, 0.05) is 18.7 Å². The fourth-order valence-corrected chi connectivity index (χ4v) is 2.54. The van der Waals surface area contributed by atoms with Crippen LogP contribution in [-0.4, -0.2) is 25.0 Å². The average Bonchev–Trinajstić information content (AvgIpc) is 2.65. The minimum Gasteiger partial charge on any atom is -0.484 e. The lowest BCUT2D eigenvalue weighted by molar-refractivity contribution is -0.123. The van der Waals surface area contributed by atoms with Crippen LogP contribution in [0.15, 0.2) is 48.5 Å². The zero-order valence-electron chi connectivity index (χ0n) is 16.5. The molecule has 0 saturated heterocycles. The summed E-state index contributed by atoms with van der Waals surface area (Å²) in [6, 6.07) is 15.0. The molecular weight excluding hydrogens is 340 g/mol. The van der Waals surface area contributed by atoms with E-state index >= 15 is 0 Å². The van der Waals surface area contributed by atoms with Crippen molar-refractivity contribution in [3.63, 3.8) is 0 Å². The van der Waals surface area contributed by atoms with Crippen LogP contribution < -0.4 is 15.4 Å². The fraction of sp³-hybridized carbons (Fsp3) is 0.364. The number of rotatable bonds is 7. The Hall–Kier alpha value is -2.82. The molecule has 0 saturated carbocycles. The van der Waals surface area contributed by atoms with Gasteiger partial charge in [-0.15, -0.1) is 0 Å². The second-order valence-electron chi connectivity index (χ2n) is 7.40. The van der Waals surface area contributed by atoms with E-state index in [0.29, 0.717) is 24.4 Å². The summed E-state index contributed by atoms with van der Waals surface area (Å²) >= 11 is 0. The molecule has 0 atom stereocenters. The van der Waals surface area contributed by atoms with E-state index < -0.39 is 0 Å². The van der Waals surface area contributed by atoms with Crippen LogP contribution >= 0.6 is 0 Å². The van der Waals surface area contributed by atoms with E-state index in [4.69, 9.17) is 4.74 Å². The zero-order valence-corrected chi connectivity index (χ0v) is 16.5. The number of hydrogen-bond donors (Lipinski definition) is 2. The Morgan fingerprint density at radius 2 is 1.70 bits per heavy atom. The average molecular weight is 368 g/mol. The number of benzene rings is 2. The third-order valence-electron chi connectivity index (χ3n) is 4.11. The van der Waals surface area contributed by atoms with Crippen LogP contribution in [0, 0.1) is 0 Å². The summed E-state index contributed by atoms with van der Waals surface area (Å²) in [5.41, 5.74) is 2.74. The number of ether oxygens (including phenoxy) is 1. The second kappa shape index (κ2) is 9.21. The van der Waals surface area contributed by atoms with E-state index in [1.54, 1.807) is 18.2 Å². The minimum atomic E-state index is -0.210. The number of carbonyl (C=O) groups excluding carboxylic acids is 2. The lowest BCUT2D eigenvalue weighted by Gasteiger charge is -2.19. The largest absolute Gasteiger partial charge is 0.484 e. The molecule has 0 spiro atoms. The van der Waals surface area contributed by atoms with E-state index in [1.165, 1.54) is 5.56 Å². The van der Waals surface area contributed by atoms with E-state index in [0.717, 1.165) is 5.56 Å². The van der Waals surface area contributed by atoms with Crippen LogP contribution in [0.1, 0.15) is 49.2 Å². The van der Waals surface area contributed by atoms with Crippen LogP contribution in [-0.2, 0) is 16.8 Å². The van der Waals surface area contributed by atoms with Gasteiger partial charge in [-0.25, -0.2) is 0 Å². The first kappa shape index (κ1) is 20.5. The fourth-order valence-electron chi connectivity index (χ4n) is 2.54. The maximum Gasteiger partial charge on any atom is 0.258 e. The minimum absolute atomic E-state index is 0.0507. The van der Waals surface area contributed by atoms with Crippen molar-refractivity contribution < 1.29 is 14.3 Å². The molecule has 0 unspecified atom stereocenters. The number of nitrogens with one attached hydrogen (secondary N) is 2. The summed E-state index contributed by atoms with van der Waals surface area (Å²) in [5.74, 6) is 0.336. The zero-order chi connectivity index (χ0) is 19.9. The Morgan fingerprint density at radius 3 is 2.33 bits per heavy atom. The van der Waals surface area contributed by atoms with Gasteiger partial charge >= 0.3 is 0 Å². The van der Waals surface area contributed by atoms with Crippen molar-refractivity contribution in [1.82, 2.24) is 10.6 Å². The third kappa shape index (κ3) is 6.44. The highest BCUT2D eigenvalue weighted by Gasteiger charge is 2.13. The molecule has 0 bridgehead atoms. The summed E-state index contributed by atoms with van der Waals surface area (Å²) < 4.78 is 5.54. The SMILES string of the molecule is CCNC(=O)c1cccc(CNC(=O)COc2ccc(C(C)(C)C)cc2)c1. The maximum absolute atomic E-state index is 12.0. The van der Waals surface area contributed by atoms with Gasteiger partial charge in [-0.1, -0.05) is 45.0 Å². The quantitative estimate of drug-likeness (QED) is 0.787. The van der Waals surface area contributed by atoms with E-state index in [-0.39, 0.29) is 23.8 Å². The monoisotopic (exact) mass is 368 g/mol. The van der Waals surface area contributed by atoms with Crippen LogP contribution in [0.2, 0.25) is 0 Å². The van der Waals surface area contributed by atoms with Crippen molar-refractivity contribution in [3.8, 4) is 5.75 Å². The van der Waals surface area contributed by atoms with Crippen molar-refractivity contribution in [2.45, 2.75) is 39.7 Å². The van der Waals surface area contributed by atoms with Gasteiger partial charge in [0.05, 0.1) is 0 Å². The third-order valence-corrected chi connectivity index (χ3v) is 4.11. The summed E-state index contributed by atoms with van der Waals surface area (Å²) in [7, 11) is 0. The molecule has 144 valence electrons. The Bertz CT molecular complexity index is 777. The number of amides is 2. The highest BCUT2D eigenvalue weighted by atomic mass is 16.5. The van der Waals surface area contributed by atoms with E-state index in [2.05, 4.69) is 31.4 Å². The van der Waals surface area contributed by atoms with Gasteiger partial charge in [-0.3, -0.25) is 9.59 Å². The molecule has 0 aliphatic carbocycles. The first-order valence-electron chi connectivity index (χ1n) is 9.17. The lowest BCUT2D eigenvalue weighted by atomic mass is 9.87. The first-order valence-corrected chi connectivity index (χ1v) is 9.17. The smallest absolute Gasteiger partial charge is 0.258 e. The maximum atomic E-state index is 12.0. The Labute approximate surface area is 161 Å². The molecule has 2 aromatic rings. The highest BCUT2D eigenvalue weighted by molar-refractivity contribution is 5.94. The molecule has 0 radical (unpaired) electrons. The van der Waals surface area contributed by atoms with E-state index in [9.17, 15) is 9.59 Å². The molecule has 5 nitrogen and oxygen atoms in total. The van der Waals surface area contributed by atoms with Gasteiger partial charge in [0.25, 0.3) is 11.8 Å². The van der Waals surface area contributed by atoms with Crippen molar-refractivity contribution in [2.24, 2.45) is 0 Å². The van der Waals surface area contributed by atoms with Gasteiger partial charge in [0.1, 0.15) is 5.75 Å². The van der Waals surface area contributed by atoms with Gasteiger partial charge in [-0.2, -0.15) is 0 Å². The normalized spacial score (nSPS) is 11.0. The predicted octanol–water partition coefficient (Wildman–Crippen LogP) is 3.43. The Balaban J connectivity index is 1.83. The lowest BCUT2D eigenvalue weighted by Crippen LogP contribution is -2.28. The summed E-state index contributed by atoms with van der Waals surface area (Å²) in [6.45, 7) is 9.20.